The molecule has 1 amide bonds. The zero-order valence-corrected chi connectivity index (χ0v) is 11.0. The number of nitrogens with one attached hydrogen (secondary N) is 2. The molecule has 0 aliphatic heterocycles. The standard InChI is InChI=1S/C16H12FN3O/c17-12-8-5-11(6-9-12)7-10-15(21)20-16-18-13-3-1-2-4-14(13)19-16/h1-10H,(H2,18,19,20,21)/b10-7+. The van der Waals surface area contributed by atoms with Gasteiger partial charge in [0.1, 0.15) is 5.82 Å². The third-order valence-electron chi connectivity index (χ3n) is 2.93. The van der Waals surface area contributed by atoms with E-state index in [1.165, 1.54) is 18.2 Å². The lowest BCUT2D eigenvalue weighted by atomic mass is 10.2. The summed E-state index contributed by atoms with van der Waals surface area (Å²) in [7, 11) is 0. The minimum Gasteiger partial charge on any atom is -0.324 e. The lowest BCUT2D eigenvalue weighted by molar-refractivity contribution is -0.111. The Morgan fingerprint density at radius 3 is 2.67 bits per heavy atom. The van der Waals surface area contributed by atoms with Crippen molar-refractivity contribution < 1.29 is 9.18 Å². The number of hydrogen-bond acceptors (Lipinski definition) is 2. The van der Waals surface area contributed by atoms with Gasteiger partial charge in [-0.25, -0.2) is 9.37 Å². The first-order chi connectivity index (χ1) is 10.2. The summed E-state index contributed by atoms with van der Waals surface area (Å²) in [5.74, 6) is -0.220. The molecule has 0 saturated carbocycles. The molecule has 0 aliphatic rings. The highest BCUT2D eigenvalue weighted by Crippen LogP contribution is 2.13. The number of hydrogen-bond donors (Lipinski definition) is 2. The molecule has 5 heteroatoms. The number of para-hydroxylation sites is 2. The number of halogens is 1. The van der Waals surface area contributed by atoms with Crippen LogP contribution in [0.15, 0.2) is 54.6 Å². The molecule has 104 valence electrons. The second-order valence-electron chi connectivity index (χ2n) is 4.48. The predicted molar refractivity (Wildman–Crippen MR) is 80.2 cm³/mol. The van der Waals surface area contributed by atoms with E-state index in [9.17, 15) is 9.18 Å². The summed E-state index contributed by atoms with van der Waals surface area (Å²) in [6, 6.07) is 13.4. The average Bonchev–Trinajstić information content (AvgIpc) is 2.88. The van der Waals surface area contributed by atoms with Crippen LogP contribution in [0, 0.1) is 5.82 Å². The highest BCUT2D eigenvalue weighted by molar-refractivity contribution is 6.01. The third kappa shape index (κ3) is 3.14. The van der Waals surface area contributed by atoms with E-state index in [1.807, 2.05) is 24.3 Å². The Morgan fingerprint density at radius 2 is 1.90 bits per heavy atom. The maximum Gasteiger partial charge on any atom is 0.250 e. The number of anilines is 1. The van der Waals surface area contributed by atoms with E-state index in [0.717, 1.165) is 16.6 Å². The summed E-state index contributed by atoms with van der Waals surface area (Å²) in [5, 5.41) is 2.65. The smallest absolute Gasteiger partial charge is 0.250 e. The number of carbonyl (C=O) groups is 1. The summed E-state index contributed by atoms with van der Waals surface area (Å²) < 4.78 is 12.8. The first kappa shape index (κ1) is 13.1. The first-order valence-electron chi connectivity index (χ1n) is 6.40. The van der Waals surface area contributed by atoms with Gasteiger partial charge in [-0.15, -0.1) is 0 Å². The molecular weight excluding hydrogens is 269 g/mol. The van der Waals surface area contributed by atoms with Gasteiger partial charge < -0.3 is 4.98 Å². The van der Waals surface area contributed by atoms with Crippen molar-refractivity contribution in [2.45, 2.75) is 0 Å². The van der Waals surface area contributed by atoms with Crippen LogP contribution in [0.4, 0.5) is 10.3 Å². The maximum atomic E-state index is 12.8. The quantitative estimate of drug-likeness (QED) is 0.723. The van der Waals surface area contributed by atoms with E-state index in [0.29, 0.717) is 5.95 Å². The number of H-pyrrole nitrogens is 1. The third-order valence-corrected chi connectivity index (χ3v) is 2.93. The molecule has 0 unspecified atom stereocenters. The second-order valence-corrected chi connectivity index (χ2v) is 4.48. The van der Waals surface area contributed by atoms with E-state index >= 15 is 0 Å². The molecule has 0 radical (unpaired) electrons. The molecule has 2 N–H and O–H groups in total. The number of benzene rings is 2. The van der Waals surface area contributed by atoms with Gasteiger partial charge in [0, 0.05) is 6.08 Å². The Labute approximate surface area is 120 Å². The van der Waals surface area contributed by atoms with E-state index in [4.69, 9.17) is 0 Å². The Morgan fingerprint density at radius 1 is 1.14 bits per heavy atom. The number of aromatic nitrogens is 2. The molecule has 21 heavy (non-hydrogen) atoms. The molecule has 1 heterocycles. The van der Waals surface area contributed by atoms with Crippen LogP contribution in [-0.2, 0) is 4.79 Å². The number of carbonyl (C=O) groups excluding carboxylic acids is 1. The molecule has 0 atom stereocenters. The number of aromatic amines is 1. The molecule has 0 spiro atoms. The van der Waals surface area contributed by atoms with Crippen molar-refractivity contribution in [3.8, 4) is 0 Å². The minimum atomic E-state index is -0.307. The molecule has 1 aromatic heterocycles. The fraction of sp³-hybridized carbons (Fsp3) is 0. The Kier molecular flexibility index (Phi) is 3.47. The molecule has 3 rings (SSSR count). The van der Waals surface area contributed by atoms with E-state index in [2.05, 4.69) is 15.3 Å². The molecule has 4 nitrogen and oxygen atoms in total. The van der Waals surface area contributed by atoms with Crippen LogP contribution in [0.25, 0.3) is 17.1 Å². The van der Waals surface area contributed by atoms with Gasteiger partial charge in [-0.05, 0) is 35.9 Å². The van der Waals surface area contributed by atoms with Crippen molar-refractivity contribution in [3.05, 3.63) is 66.0 Å². The number of amides is 1. The normalized spacial score (nSPS) is 11.1. The Balaban J connectivity index is 1.69. The van der Waals surface area contributed by atoms with Crippen LogP contribution in [0.5, 0.6) is 0 Å². The molecule has 0 saturated heterocycles. The zero-order chi connectivity index (χ0) is 14.7. The van der Waals surface area contributed by atoms with Crippen molar-refractivity contribution in [1.29, 1.82) is 0 Å². The Bertz CT molecular complexity index is 773. The fourth-order valence-corrected chi connectivity index (χ4v) is 1.92. The zero-order valence-electron chi connectivity index (χ0n) is 11.0. The van der Waals surface area contributed by atoms with Crippen molar-refractivity contribution in [2.75, 3.05) is 5.32 Å². The topological polar surface area (TPSA) is 57.8 Å². The van der Waals surface area contributed by atoms with Crippen LogP contribution in [0.1, 0.15) is 5.56 Å². The highest BCUT2D eigenvalue weighted by atomic mass is 19.1. The summed E-state index contributed by atoms with van der Waals surface area (Å²) in [6.45, 7) is 0. The summed E-state index contributed by atoms with van der Waals surface area (Å²) in [6.07, 6.45) is 2.98. The van der Waals surface area contributed by atoms with Gasteiger partial charge in [0.15, 0.2) is 0 Å². The molecule has 2 aromatic carbocycles. The van der Waals surface area contributed by atoms with Crippen molar-refractivity contribution in [2.24, 2.45) is 0 Å². The van der Waals surface area contributed by atoms with Gasteiger partial charge in [0.2, 0.25) is 5.95 Å². The lowest BCUT2D eigenvalue weighted by Crippen LogP contribution is -2.08. The number of fused-ring (bicyclic) bond motifs is 1. The molecule has 3 aromatic rings. The predicted octanol–water partition coefficient (Wildman–Crippen LogP) is 3.35. The molecule has 0 aliphatic carbocycles. The lowest BCUT2D eigenvalue weighted by Gasteiger charge is -1.96. The van der Waals surface area contributed by atoms with Gasteiger partial charge in [0.25, 0.3) is 5.91 Å². The minimum absolute atomic E-state index is 0.307. The van der Waals surface area contributed by atoms with Gasteiger partial charge in [0.05, 0.1) is 11.0 Å². The van der Waals surface area contributed by atoms with Crippen LogP contribution in [0.3, 0.4) is 0 Å². The van der Waals surface area contributed by atoms with E-state index in [-0.39, 0.29) is 11.7 Å². The summed E-state index contributed by atoms with van der Waals surface area (Å²) >= 11 is 0. The van der Waals surface area contributed by atoms with Crippen molar-refractivity contribution >= 4 is 29.0 Å². The molecule has 0 fully saturated rings. The number of imidazole rings is 1. The van der Waals surface area contributed by atoms with Crippen molar-refractivity contribution in [1.82, 2.24) is 9.97 Å². The molecule has 0 bridgehead atoms. The van der Waals surface area contributed by atoms with Crippen LogP contribution >= 0.6 is 0 Å². The van der Waals surface area contributed by atoms with Gasteiger partial charge in [-0.2, -0.15) is 0 Å². The fourth-order valence-electron chi connectivity index (χ4n) is 1.92. The Hall–Kier alpha value is -2.95. The van der Waals surface area contributed by atoms with Crippen LogP contribution < -0.4 is 5.32 Å². The second kappa shape index (κ2) is 5.58. The summed E-state index contributed by atoms with van der Waals surface area (Å²) in [4.78, 5) is 19.1. The number of nitrogens with zero attached hydrogens (tertiary/aromatic N) is 1. The van der Waals surface area contributed by atoms with E-state index < -0.39 is 0 Å². The average molecular weight is 281 g/mol. The van der Waals surface area contributed by atoms with Gasteiger partial charge in [-0.3, -0.25) is 10.1 Å². The maximum absolute atomic E-state index is 12.8. The summed E-state index contributed by atoms with van der Waals surface area (Å²) in [5.41, 5.74) is 2.39. The largest absolute Gasteiger partial charge is 0.324 e. The first-order valence-corrected chi connectivity index (χ1v) is 6.40. The molecular formula is C16H12FN3O. The van der Waals surface area contributed by atoms with Gasteiger partial charge >= 0.3 is 0 Å². The van der Waals surface area contributed by atoms with Crippen LogP contribution in [-0.4, -0.2) is 15.9 Å². The SMILES string of the molecule is O=C(/C=C/c1ccc(F)cc1)Nc1nc2ccccc2[nH]1. The van der Waals surface area contributed by atoms with Crippen LogP contribution in [0.2, 0.25) is 0 Å². The van der Waals surface area contributed by atoms with Crippen molar-refractivity contribution in [3.63, 3.8) is 0 Å². The van der Waals surface area contributed by atoms with E-state index in [1.54, 1.807) is 18.2 Å². The monoisotopic (exact) mass is 281 g/mol. The highest BCUT2D eigenvalue weighted by Gasteiger charge is 2.03. The van der Waals surface area contributed by atoms with Gasteiger partial charge in [-0.1, -0.05) is 24.3 Å². The number of rotatable bonds is 3.